The van der Waals surface area contributed by atoms with Crippen molar-refractivity contribution in [1.29, 1.82) is 0 Å². The normalized spacial score (nSPS) is 19.0. The van der Waals surface area contributed by atoms with E-state index in [9.17, 15) is 18.4 Å². The van der Waals surface area contributed by atoms with E-state index in [-0.39, 0.29) is 17.4 Å². The average Bonchev–Trinajstić information content (AvgIpc) is 2.83. The van der Waals surface area contributed by atoms with Crippen LogP contribution in [-0.2, 0) is 4.74 Å². The Hall–Kier alpha value is -3.00. The molecule has 2 aliphatic rings. The number of ether oxygens (including phenoxy) is 2. The maximum Gasteiger partial charge on any atom is 0.256 e. The van der Waals surface area contributed by atoms with Gasteiger partial charge in [-0.05, 0) is 49.2 Å². The van der Waals surface area contributed by atoms with Crippen molar-refractivity contribution in [3.05, 3.63) is 65.2 Å². The molecule has 0 saturated carbocycles. The molecule has 170 valence electrons. The van der Waals surface area contributed by atoms with E-state index >= 15 is 0 Å². The summed E-state index contributed by atoms with van der Waals surface area (Å²) >= 11 is 0. The molecule has 8 heteroatoms. The quantitative estimate of drug-likeness (QED) is 0.710. The van der Waals surface area contributed by atoms with E-state index in [0.29, 0.717) is 57.3 Å². The van der Waals surface area contributed by atoms with E-state index in [1.165, 1.54) is 6.07 Å². The maximum atomic E-state index is 14.0. The smallest absolute Gasteiger partial charge is 0.256 e. The van der Waals surface area contributed by atoms with Crippen LogP contribution in [0.3, 0.4) is 0 Å². The fraction of sp³-hybridized carbons (Fsp3) is 0.417. The summed E-state index contributed by atoms with van der Waals surface area (Å²) in [5, 5.41) is 0. The molecular weight excluding hydrogens is 418 g/mol. The summed E-state index contributed by atoms with van der Waals surface area (Å²) < 4.78 is 38.3. The third kappa shape index (κ3) is 5.24. The zero-order chi connectivity index (χ0) is 22.5. The Morgan fingerprint density at radius 1 is 0.969 bits per heavy atom. The molecule has 1 unspecified atom stereocenters. The first-order chi connectivity index (χ1) is 15.5. The van der Waals surface area contributed by atoms with Crippen molar-refractivity contribution >= 4 is 11.8 Å². The van der Waals surface area contributed by atoms with E-state index in [2.05, 4.69) is 0 Å². The molecule has 2 fully saturated rings. The number of likely N-dealkylation sites (tertiary alicyclic amines) is 1. The second kappa shape index (κ2) is 10.1. The summed E-state index contributed by atoms with van der Waals surface area (Å²) in [5.74, 6) is -1.25. The molecule has 2 heterocycles. The molecule has 2 amide bonds. The van der Waals surface area contributed by atoms with Crippen LogP contribution in [0.2, 0.25) is 0 Å². The van der Waals surface area contributed by atoms with Gasteiger partial charge in [-0.2, -0.15) is 0 Å². The van der Waals surface area contributed by atoms with Gasteiger partial charge in [0.2, 0.25) is 0 Å². The molecule has 6 nitrogen and oxygen atoms in total. The molecule has 1 atom stereocenters. The number of amides is 2. The van der Waals surface area contributed by atoms with Crippen molar-refractivity contribution in [2.24, 2.45) is 5.92 Å². The van der Waals surface area contributed by atoms with Crippen LogP contribution in [0.1, 0.15) is 33.6 Å². The van der Waals surface area contributed by atoms with Gasteiger partial charge >= 0.3 is 0 Å². The molecule has 2 aliphatic heterocycles. The predicted molar refractivity (Wildman–Crippen MR) is 114 cm³/mol. The van der Waals surface area contributed by atoms with Gasteiger partial charge in [0.25, 0.3) is 11.8 Å². The van der Waals surface area contributed by atoms with Crippen molar-refractivity contribution in [3.63, 3.8) is 0 Å². The standard InChI is InChI=1S/C24H26F2N2O4/c25-19-5-8-21(22(26)14-19)24(30)28-9-1-2-17(15-28)16-32-20-6-3-18(4-7-20)23(29)27-10-12-31-13-11-27/h3-8,14,17H,1-2,9-13,15-16H2. The van der Waals surface area contributed by atoms with E-state index in [1.54, 1.807) is 34.1 Å². The molecular formula is C24H26F2N2O4. The second-order valence-electron chi connectivity index (χ2n) is 8.12. The average molecular weight is 444 g/mol. The molecule has 0 aliphatic carbocycles. The van der Waals surface area contributed by atoms with E-state index in [1.807, 2.05) is 0 Å². The number of piperidine rings is 1. The minimum atomic E-state index is -0.847. The van der Waals surface area contributed by atoms with Crippen LogP contribution >= 0.6 is 0 Å². The molecule has 0 N–H and O–H groups in total. The topological polar surface area (TPSA) is 59.1 Å². The SMILES string of the molecule is O=C(c1ccc(OCC2CCCN(C(=O)c3ccc(F)cc3F)C2)cc1)N1CCOCC1. The molecule has 32 heavy (non-hydrogen) atoms. The minimum Gasteiger partial charge on any atom is -0.493 e. The Kier molecular flexibility index (Phi) is 6.99. The van der Waals surface area contributed by atoms with Crippen molar-refractivity contribution in [2.75, 3.05) is 46.0 Å². The van der Waals surface area contributed by atoms with E-state index in [4.69, 9.17) is 9.47 Å². The van der Waals surface area contributed by atoms with Crippen molar-refractivity contribution in [2.45, 2.75) is 12.8 Å². The number of carbonyl (C=O) groups excluding carboxylic acids is 2. The third-order valence-electron chi connectivity index (χ3n) is 5.85. The number of halogens is 2. The monoisotopic (exact) mass is 444 g/mol. The number of carbonyl (C=O) groups is 2. The fourth-order valence-corrected chi connectivity index (χ4v) is 4.08. The van der Waals surface area contributed by atoms with Crippen LogP contribution in [0.15, 0.2) is 42.5 Å². The molecule has 2 aromatic rings. The van der Waals surface area contributed by atoms with Gasteiger partial charge in [0.05, 0.1) is 25.4 Å². The van der Waals surface area contributed by atoms with Gasteiger partial charge in [-0.3, -0.25) is 9.59 Å². The summed E-state index contributed by atoms with van der Waals surface area (Å²) in [6, 6.07) is 10.1. The van der Waals surface area contributed by atoms with Crippen molar-refractivity contribution in [1.82, 2.24) is 9.80 Å². The molecule has 0 radical (unpaired) electrons. The van der Waals surface area contributed by atoms with Crippen molar-refractivity contribution < 1.29 is 27.8 Å². The summed E-state index contributed by atoms with van der Waals surface area (Å²) in [7, 11) is 0. The molecule has 4 rings (SSSR count). The number of hydrogen-bond donors (Lipinski definition) is 0. The second-order valence-corrected chi connectivity index (χ2v) is 8.12. The summed E-state index contributed by atoms with van der Waals surface area (Å²) in [4.78, 5) is 28.6. The largest absolute Gasteiger partial charge is 0.493 e. The highest BCUT2D eigenvalue weighted by atomic mass is 19.1. The Bertz CT molecular complexity index is 961. The van der Waals surface area contributed by atoms with Gasteiger partial charge in [0, 0.05) is 43.7 Å². The molecule has 2 saturated heterocycles. The Balaban J connectivity index is 1.30. The number of nitrogens with zero attached hydrogens (tertiary/aromatic N) is 2. The molecule has 2 aromatic carbocycles. The first kappa shape index (κ1) is 22.2. The van der Waals surface area contributed by atoms with Gasteiger partial charge in [0.15, 0.2) is 0 Å². The maximum absolute atomic E-state index is 14.0. The molecule has 0 bridgehead atoms. The number of rotatable bonds is 5. The van der Waals surface area contributed by atoms with Gasteiger partial charge in [-0.25, -0.2) is 8.78 Å². The van der Waals surface area contributed by atoms with Gasteiger partial charge in [-0.15, -0.1) is 0 Å². The van der Waals surface area contributed by atoms with Gasteiger partial charge in [-0.1, -0.05) is 0 Å². The highest BCUT2D eigenvalue weighted by Crippen LogP contribution is 2.22. The highest BCUT2D eigenvalue weighted by Gasteiger charge is 2.27. The number of hydrogen-bond acceptors (Lipinski definition) is 4. The Labute approximate surface area is 185 Å². The molecule has 0 aromatic heterocycles. The molecule has 0 spiro atoms. The van der Waals surface area contributed by atoms with E-state index in [0.717, 1.165) is 25.0 Å². The third-order valence-corrected chi connectivity index (χ3v) is 5.85. The van der Waals surface area contributed by atoms with Crippen LogP contribution in [0.4, 0.5) is 8.78 Å². The number of morpholine rings is 1. The van der Waals surface area contributed by atoms with Crippen LogP contribution in [0.5, 0.6) is 5.75 Å². The van der Waals surface area contributed by atoms with Gasteiger partial charge < -0.3 is 19.3 Å². The lowest BCUT2D eigenvalue weighted by atomic mass is 9.98. The Morgan fingerprint density at radius 2 is 1.72 bits per heavy atom. The van der Waals surface area contributed by atoms with Crippen molar-refractivity contribution in [3.8, 4) is 5.75 Å². The summed E-state index contributed by atoms with van der Waals surface area (Å²) in [5.41, 5.74) is 0.489. The van der Waals surface area contributed by atoms with Crippen LogP contribution < -0.4 is 4.74 Å². The lowest BCUT2D eigenvalue weighted by Gasteiger charge is -2.32. The lowest BCUT2D eigenvalue weighted by molar-refractivity contribution is 0.0303. The summed E-state index contributed by atoms with van der Waals surface area (Å²) in [6.07, 6.45) is 1.68. The minimum absolute atomic E-state index is 0.0192. The fourth-order valence-electron chi connectivity index (χ4n) is 4.08. The predicted octanol–water partition coefficient (Wildman–Crippen LogP) is 3.37. The zero-order valence-corrected chi connectivity index (χ0v) is 17.8. The van der Waals surface area contributed by atoms with Crippen LogP contribution in [-0.4, -0.2) is 67.6 Å². The van der Waals surface area contributed by atoms with E-state index < -0.39 is 17.5 Å². The highest BCUT2D eigenvalue weighted by molar-refractivity contribution is 5.95. The number of benzene rings is 2. The zero-order valence-electron chi connectivity index (χ0n) is 17.8. The first-order valence-corrected chi connectivity index (χ1v) is 10.9. The van der Waals surface area contributed by atoms with Crippen LogP contribution in [0.25, 0.3) is 0 Å². The lowest BCUT2D eigenvalue weighted by Crippen LogP contribution is -2.41. The van der Waals surface area contributed by atoms with Gasteiger partial charge in [0.1, 0.15) is 17.4 Å². The summed E-state index contributed by atoms with van der Waals surface area (Å²) in [6.45, 7) is 3.69. The first-order valence-electron chi connectivity index (χ1n) is 10.9. The Morgan fingerprint density at radius 3 is 2.44 bits per heavy atom. The van der Waals surface area contributed by atoms with Crippen LogP contribution in [0, 0.1) is 17.6 Å².